The summed E-state index contributed by atoms with van der Waals surface area (Å²) >= 11 is 6.19. The molecule has 2 N–H and O–H groups in total. The van der Waals surface area contributed by atoms with Crippen LogP contribution in [0.3, 0.4) is 0 Å². The molecule has 0 saturated carbocycles. The lowest BCUT2D eigenvalue weighted by Gasteiger charge is -2.05. The van der Waals surface area contributed by atoms with Gasteiger partial charge in [0, 0.05) is 11.6 Å². The van der Waals surface area contributed by atoms with E-state index in [1.54, 1.807) is 4.68 Å². The van der Waals surface area contributed by atoms with Crippen molar-refractivity contribution in [3.63, 3.8) is 0 Å². The van der Waals surface area contributed by atoms with Gasteiger partial charge in [-0.2, -0.15) is 5.10 Å². The SMILES string of the molecule is Cc1ccc(-c2cc(N)n(-c3ccccc3Cl)n2)cc1. The number of hydrogen-bond donors (Lipinski definition) is 1. The van der Waals surface area contributed by atoms with Crippen LogP contribution in [0.1, 0.15) is 5.56 Å². The average Bonchev–Trinajstić information content (AvgIpc) is 2.82. The third kappa shape index (κ3) is 2.28. The van der Waals surface area contributed by atoms with E-state index in [1.807, 2.05) is 42.5 Å². The van der Waals surface area contributed by atoms with Crippen LogP contribution in [0, 0.1) is 6.92 Å². The van der Waals surface area contributed by atoms with Gasteiger partial charge in [0.15, 0.2) is 0 Å². The Morgan fingerprint density at radius 3 is 2.45 bits per heavy atom. The van der Waals surface area contributed by atoms with E-state index in [4.69, 9.17) is 17.3 Å². The summed E-state index contributed by atoms with van der Waals surface area (Å²) in [6, 6.07) is 17.5. The lowest BCUT2D eigenvalue weighted by atomic mass is 10.1. The Labute approximate surface area is 122 Å². The minimum atomic E-state index is 0.564. The van der Waals surface area contributed by atoms with Gasteiger partial charge in [0.1, 0.15) is 5.82 Å². The maximum absolute atomic E-state index is 6.19. The Morgan fingerprint density at radius 1 is 1.05 bits per heavy atom. The summed E-state index contributed by atoms with van der Waals surface area (Å²) in [6.07, 6.45) is 0. The molecule has 4 heteroatoms. The van der Waals surface area contributed by atoms with E-state index in [2.05, 4.69) is 24.2 Å². The molecule has 3 rings (SSSR count). The summed E-state index contributed by atoms with van der Waals surface area (Å²) in [4.78, 5) is 0. The number of benzene rings is 2. The van der Waals surface area contributed by atoms with E-state index >= 15 is 0 Å². The highest BCUT2D eigenvalue weighted by Gasteiger charge is 2.10. The summed E-state index contributed by atoms with van der Waals surface area (Å²) < 4.78 is 1.66. The first-order valence-corrected chi connectivity index (χ1v) is 6.70. The Hall–Kier alpha value is -2.26. The Bertz CT molecular complexity index is 745. The number of anilines is 1. The quantitative estimate of drug-likeness (QED) is 0.770. The second kappa shape index (κ2) is 5.02. The summed E-state index contributed by atoms with van der Waals surface area (Å²) in [6.45, 7) is 2.06. The summed E-state index contributed by atoms with van der Waals surface area (Å²) in [5.74, 6) is 0.564. The van der Waals surface area contributed by atoms with Crippen molar-refractivity contribution in [2.75, 3.05) is 5.73 Å². The Kier molecular flexibility index (Phi) is 3.20. The van der Waals surface area contributed by atoms with Crippen molar-refractivity contribution in [2.45, 2.75) is 6.92 Å². The van der Waals surface area contributed by atoms with Gasteiger partial charge in [-0.25, -0.2) is 4.68 Å². The van der Waals surface area contributed by atoms with Gasteiger partial charge < -0.3 is 5.73 Å². The number of nitrogen functional groups attached to an aromatic ring is 1. The van der Waals surface area contributed by atoms with Crippen LogP contribution >= 0.6 is 11.6 Å². The molecule has 3 aromatic rings. The van der Waals surface area contributed by atoms with Crippen molar-refractivity contribution in [3.05, 3.63) is 65.2 Å². The maximum Gasteiger partial charge on any atom is 0.127 e. The first kappa shape index (κ1) is 12.8. The van der Waals surface area contributed by atoms with Crippen LogP contribution in [0.2, 0.25) is 5.02 Å². The molecule has 20 heavy (non-hydrogen) atoms. The molecule has 0 aliphatic rings. The van der Waals surface area contributed by atoms with E-state index in [-0.39, 0.29) is 0 Å². The second-order valence-corrected chi connectivity index (χ2v) is 5.09. The zero-order valence-electron chi connectivity index (χ0n) is 11.0. The maximum atomic E-state index is 6.19. The zero-order chi connectivity index (χ0) is 14.1. The molecule has 0 aliphatic heterocycles. The molecule has 0 bridgehead atoms. The van der Waals surface area contributed by atoms with Gasteiger partial charge in [-0.1, -0.05) is 53.6 Å². The molecule has 1 aromatic heterocycles. The molecule has 3 nitrogen and oxygen atoms in total. The van der Waals surface area contributed by atoms with Gasteiger partial charge in [-0.15, -0.1) is 0 Å². The predicted molar refractivity (Wildman–Crippen MR) is 83.2 cm³/mol. The fraction of sp³-hybridized carbons (Fsp3) is 0.0625. The molecule has 100 valence electrons. The Balaban J connectivity index is 2.08. The predicted octanol–water partition coefficient (Wildman–Crippen LogP) is 4.08. The molecule has 0 spiro atoms. The molecule has 0 aliphatic carbocycles. The number of nitrogens with zero attached hydrogens (tertiary/aromatic N) is 2. The third-order valence-corrected chi connectivity index (χ3v) is 3.48. The van der Waals surface area contributed by atoms with Crippen molar-refractivity contribution < 1.29 is 0 Å². The lowest BCUT2D eigenvalue weighted by molar-refractivity contribution is 0.895. The molecule has 2 aromatic carbocycles. The molecule has 0 radical (unpaired) electrons. The van der Waals surface area contributed by atoms with Gasteiger partial charge in [-0.05, 0) is 19.1 Å². The van der Waals surface area contributed by atoms with Crippen LogP contribution in [-0.2, 0) is 0 Å². The number of aromatic nitrogens is 2. The fourth-order valence-electron chi connectivity index (χ4n) is 2.08. The van der Waals surface area contributed by atoms with Gasteiger partial charge in [0.2, 0.25) is 0 Å². The molecule has 0 saturated heterocycles. The summed E-state index contributed by atoms with van der Waals surface area (Å²) in [5.41, 5.74) is 9.92. The van der Waals surface area contributed by atoms with E-state index in [0.717, 1.165) is 16.9 Å². The molecule has 0 amide bonds. The minimum Gasteiger partial charge on any atom is -0.384 e. The number of nitrogens with two attached hydrogens (primary N) is 1. The van der Waals surface area contributed by atoms with E-state index in [0.29, 0.717) is 10.8 Å². The van der Waals surface area contributed by atoms with Gasteiger partial charge in [0.25, 0.3) is 0 Å². The molecule has 0 atom stereocenters. The van der Waals surface area contributed by atoms with Crippen LogP contribution in [0.4, 0.5) is 5.82 Å². The van der Waals surface area contributed by atoms with Crippen molar-refractivity contribution in [2.24, 2.45) is 0 Å². The molecular weight excluding hydrogens is 270 g/mol. The monoisotopic (exact) mass is 283 g/mol. The first-order valence-electron chi connectivity index (χ1n) is 6.32. The van der Waals surface area contributed by atoms with Crippen LogP contribution < -0.4 is 5.73 Å². The zero-order valence-corrected chi connectivity index (χ0v) is 11.8. The van der Waals surface area contributed by atoms with Crippen LogP contribution in [0.15, 0.2) is 54.6 Å². The summed E-state index contributed by atoms with van der Waals surface area (Å²) in [7, 11) is 0. The number of hydrogen-bond acceptors (Lipinski definition) is 2. The smallest absolute Gasteiger partial charge is 0.127 e. The highest BCUT2D eigenvalue weighted by molar-refractivity contribution is 6.32. The topological polar surface area (TPSA) is 43.8 Å². The number of halogens is 1. The van der Waals surface area contributed by atoms with Gasteiger partial charge >= 0.3 is 0 Å². The number of aryl methyl sites for hydroxylation is 1. The van der Waals surface area contributed by atoms with Crippen molar-refractivity contribution in [1.29, 1.82) is 0 Å². The Morgan fingerprint density at radius 2 is 1.75 bits per heavy atom. The van der Waals surface area contributed by atoms with E-state index in [1.165, 1.54) is 5.56 Å². The highest BCUT2D eigenvalue weighted by Crippen LogP contribution is 2.26. The fourth-order valence-corrected chi connectivity index (χ4v) is 2.29. The minimum absolute atomic E-state index is 0.564. The molecular formula is C16H14ClN3. The molecule has 0 fully saturated rings. The number of rotatable bonds is 2. The normalized spacial score (nSPS) is 10.7. The van der Waals surface area contributed by atoms with E-state index < -0.39 is 0 Å². The molecule has 1 heterocycles. The highest BCUT2D eigenvalue weighted by atomic mass is 35.5. The molecule has 0 unspecified atom stereocenters. The average molecular weight is 284 g/mol. The standard InChI is InChI=1S/C16H14ClN3/c1-11-6-8-12(9-7-11)14-10-16(18)20(19-14)15-5-3-2-4-13(15)17/h2-10H,18H2,1H3. The van der Waals surface area contributed by atoms with Gasteiger partial charge in [0.05, 0.1) is 16.4 Å². The number of para-hydroxylation sites is 1. The van der Waals surface area contributed by atoms with Crippen LogP contribution in [-0.4, -0.2) is 9.78 Å². The second-order valence-electron chi connectivity index (χ2n) is 4.68. The largest absolute Gasteiger partial charge is 0.384 e. The third-order valence-electron chi connectivity index (χ3n) is 3.16. The van der Waals surface area contributed by atoms with Gasteiger partial charge in [-0.3, -0.25) is 0 Å². The van der Waals surface area contributed by atoms with Crippen LogP contribution in [0.5, 0.6) is 0 Å². The van der Waals surface area contributed by atoms with Crippen molar-refractivity contribution >= 4 is 17.4 Å². The van der Waals surface area contributed by atoms with Crippen molar-refractivity contribution in [3.8, 4) is 16.9 Å². The van der Waals surface area contributed by atoms with Crippen molar-refractivity contribution in [1.82, 2.24) is 9.78 Å². The van der Waals surface area contributed by atoms with Crippen LogP contribution in [0.25, 0.3) is 16.9 Å². The summed E-state index contributed by atoms with van der Waals surface area (Å²) in [5, 5.41) is 5.17. The van der Waals surface area contributed by atoms with E-state index in [9.17, 15) is 0 Å². The lowest BCUT2D eigenvalue weighted by Crippen LogP contribution is -2.02. The first-order chi connectivity index (χ1) is 9.65.